The van der Waals surface area contributed by atoms with Gasteiger partial charge in [-0.05, 0) is 42.7 Å². The zero-order valence-corrected chi connectivity index (χ0v) is 15.0. The van der Waals surface area contributed by atoms with Crippen molar-refractivity contribution in [2.45, 2.75) is 20.3 Å². The number of aromatic nitrogens is 2. The van der Waals surface area contributed by atoms with Crippen LogP contribution in [0.2, 0.25) is 0 Å². The van der Waals surface area contributed by atoms with Crippen molar-refractivity contribution in [3.63, 3.8) is 0 Å². The summed E-state index contributed by atoms with van der Waals surface area (Å²) in [6, 6.07) is 8.74. The lowest BCUT2D eigenvalue weighted by atomic mass is 10.1. The maximum Gasteiger partial charge on any atom is 0.290 e. The monoisotopic (exact) mass is 394 g/mol. The van der Waals surface area contributed by atoms with Crippen molar-refractivity contribution in [3.05, 3.63) is 46.2 Å². The molecule has 0 aliphatic rings. The van der Waals surface area contributed by atoms with Crippen molar-refractivity contribution < 1.29 is 14.3 Å². The Bertz CT molecular complexity index is 698. The second kappa shape index (κ2) is 8.49. The highest BCUT2D eigenvalue weighted by atomic mass is 79.9. The van der Waals surface area contributed by atoms with Gasteiger partial charge in [0.1, 0.15) is 5.75 Å². The molecule has 0 bridgehead atoms. The molecule has 0 aliphatic carbocycles. The van der Waals surface area contributed by atoms with E-state index in [-0.39, 0.29) is 12.3 Å². The van der Waals surface area contributed by atoms with Crippen LogP contribution in [0.4, 0.5) is 0 Å². The van der Waals surface area contributed by atoms with Crippen LogP contribution in [0.3, 0.4) is 0 Å². The van der Waals surface area contributed by atoms with Gasteiger partial charge in [-0.15, -0.1) is 0 Å². The normalized spacial score (nSPS) is 10.5. The summed E-state index contributed by atoms with van der Waals surface area (Å²) in [5.41, 5.74) is 5.69. The number of hydrogen-bond acceptors (Lipinski definition) is 4. The summed E-state index contributed by atoms with van der Waals surface area (Å²) in [7, 11) is 0. The number of nitrogens with zero attached hydrogens (tertiary/aromatic N) is 1. The van der Waals surface area contributed by atoms with Crippen LogP contribution in [0.25, 0.3) is 0 Å². The molecule has 0 radical (unpaired) electrons. The standard InChI is InChI=1S/C16H19BrN4O3/c1-10(2)7-12-8-14(19-18-12)16(23)21-20-15(22)9-24-13-5-3-11(17)4-6-13/h3-6,8,10H,7,9H2,1-2H3,(H,18,19)(H,20,22)(H,21,23). The molecule has 0 saturated heterocycles. The molecule has 0 aliphatic heterocycles. The fraction of sp³-hybridized carbons (Fsp3) is 0.312. The molecular formula is C16H19BrN4O3. The number of rotatable bonds is 6. The van der Waals surface area contributed by atoms with Crippen molar-refractivity contribution >= 4 is 27.7 Å². The third-order valence-corrected chi connectivity index (χ3v) is 3.52. The van der Waals surface area contributed by atoms with Crippen LogP contribution < -0.4 is 15.6 Å². The lowest BCUT2D eigenvalue weighted by molar-refractivity contribution is -0.123. The molecule has 7 nitrogen and oxygen atoms in total. The Kier molecular flexibility index (Phi) is 6.36. The van der Waals surface area contributed by atoms with E-state index in [0.717, 1.165) is 16.6 Å². The van der Waals surface area contributed by atoms with E-state index in [0.29, 0.717) is 11.7 Å². The molecule has 0 spiro atoms. The summed E-state index contributed by atoms with van der Waals surface area (Å²) < 4.78 is 6.22. The fourth-order valence-corrected chi connectivity index (χ4v) is 2.19. The van der Waals surface area contributed by atoms with Crippen LogP contribution >= 0.6 is 15.9 Å². The molecule has 1 aromatic heterocycles. The Morgan fingerprint density at radius 1 is 1.25 bits per heavy atom. The number of carbonyl (C=O) groups is 2. The van der Waals surface area contributed by atoms with Crippen LogP contribution in [-0.4, -0.2) is 28.6 Å². The predicted octanol–water partition coefficient (Wildman–Crippen LogP) is 2.21. The highest BCUT2D eigenvalue weighted by Crippen LogP contribution is 2.15. The van der Waals surface area contributed by atoms with E-state index >= 15 is 0 Å². The number of halogens is 1. The summed E-state index contributed by atoms with van der Waals surface area (Å²) in [6.07, 6.45) is 0.799. The molecule has 0 unspecified atom stereocenters. The van der Waals surface area contributed by atoms with Crippen molar-refractivity contribution in [2.75, 3.05) is 6.61 Å². The van der Waals surface area contributed by atoms with Gasteiger partial charge in [0.25, 0.3) is 11.8 Å². The van der Waals surface area contributed by atoms with Crippen molar-refractivity contribution in [1.82, 2.24) is 21.0 Å². The Morgan fingerprint density at radius 3 is 2.62 bits per heavy atom. The Balaban J connectivity index is 1.75. The third-order valence-electron chi connectivity index (χ3n) is 2.99. The Hall–Kier alpha value is -2.35. The number of nitrogens with one attached hydrogen (secondary N) is 3. The number of H-pyrrole nitrogens is 1. The topological polar surface area (TPSA) is 96.1 Å². The quantitative estimate of drug-likeness (QED) is 0.654. The maximum atomic E-state index is 11.9. The second-order valence-corrected chi connectivity index (χ2v) is 6.54. The number of hydrazine groups is 1. The van der Waals surface area contributed by atoms with Gasteiger partial charge >= 0.3 is 0 Å². The predicted molar refractivity (Wildman–Crippen MR) is 92.4 cm³/mol. The minimum absolute atomic E-state index is 0.207. The van der Waals surface area contributed by atoms with Gasteiger partial charge in [-0.2, -0.15) is 5.10 Å². The van der Waals surface area contributed by atoms with Gasteiger partial charge < -0.3 is 4.74 Å². The molecule has 24 heavy (non-hydrogen) atoms. The van der Waals surface area contributed by atoms with E-state index in [2.05, 4.69) is 50.8 Å². The molecule has 8 heteroatoms. The van der Waals surface area contributed by atoms with Crippen molar-refractivity contribution in [1.29, 1.82) is 0 Å². The molecule has 2 amide bonds. The summed E-state index contributed by atoms with van der Waals surface area (Å²) in [6.45, 7) is 3.94. The number of ether oxygens (including phenoxy) is 1. The summed E-state index contributed by atoms with van der Waals surface area (Å²) in [5, 5.41) is 6.73. The maximum absolute atomic E-state index is 11.9. The van der Waals surface area contributed by atoms with E-state index in [9.17, 15) is 9.59 Å². The van der Waals surface area contributed by atoms with E-state index in [4.69, 9.17) is 4.74 Å². The number of benzene rings is 1. The van der Waals surface area contributed by atoms with Gasteiger partial charge in [0, 0.05) is 10.2 Å². The molecule has 0 atom stereocenters. The molecule has 3 N–H and O–H groups in total. The lowest BCUT2D eigenvalue weighted by Crippen LogP contribution is -2.44. The average molecular weight is 395 g/mol. The first-order valence-electron chi connectivity index (χ1n) is 7.46. The first-order valence-corrected chi connectivity index (χ1v) is 8.25. The van der Waals surface area contributed by atoms with Crippen LogP contribution in [-0.2, 0) is 11.2 Å². The largest absolute Gasteiger partial charge is 0.484 e. The Labute approximate surface area is 148 Å². The fourth-order valence-electron chi connectivity index (χ4n) is 1.93. The van der Waals surface area contributed by atoms with E-state index in [1.165, 1.54) is 0 Å². The molecule has 2 rings (SSSR count). The SMILES string of the molecule is CC(C)Cc1cc(C(=O)NNC(=O)COc2ccc(Br)cc2)n[nH]1. The highest BCUT2D eigenvalue weighted by Gasteiger charge is 2.12. The first-order chi connectivity index (χ1) is 11.4. The average Bonchev–Trinajstić information content (AvgIpc) is 3.00. The number of hydrogen-bond donors (Lipinski definition) is 3. The minimum Gasteiger partial charge on any atom is -0.484 e. The van der Waals surface area contributed by atoms with Crippen LogP contribution in [0.5, 0.6) is 5.75 Å². The zero-order chi connectivity index (χ0) is 17.5. The molecule has 1 heterocycles. The summed E-state index contributed by atoms with van der Waals surface area (Å²) >= 11 is 3.31. The first kappa shape index (κ1) is 18.0. The zero-order valence-electron chi connectivity index (χ0n) is 13.4. The van der Waals surface area contributed by atoms with E-state index in [1.807, 2.05) is 0 Å². The van der Waals surface area contributed by atoms with Crippen molar-refractivity contribution in [2.24, 2.45) is 5.92 Å². The van der Waals surface area contributed by atoms with Crippen LogP contribution in [0.1, 0.15) is 30.0 Å². The van der Waals surface area contributed by atoms with Gasteiger partial charge in [-0.25, -0.2) is 0 Å². The van der Waals surface area contributed by atoms with Gasteiger partial charge in [0.2, 0.25) is 0 Å². The second-order valence-electron chi connectivity index (χ2n) is 5.62. The number of aromatic amines is 1. The molecular weight excluding hydrogens is 376 g/mol. The van der Waals surface area contributed by atoms with E-state index < -0.39 is 11.8 Å². The molecule has 128 valence electrons. The molecule has 2 aromatic rings. The van der Waals surface area contributed by atoms with Gasteiger partial charge in [-0.1, -0.05) is 29.8 Å². The van der Waals surface area contributed by atoms with Gasteiger partial charge in [0.15, 0.2) is 12.3 Å². The molecule has 1 aromatic carbocycles. The minimum atomic E-state index is -0.488. The van der Waals surface area contributed by atoms with Gasteiger partial charge in [0.05, 0.1) is 0 Å². The van der Waals surface area contributed by atoms with Crippen LogP contribution in [0, 0.1) is 5.92 Å². The van der Waals surface area contributed by atoms with Gasteiger partial charge in [-0.3, -0.25) is 25.5 Å². The summed E-state index contributed by atoms with van der Waals surface area (Å²) in [5.74, 6) is 0.0598. The number of carbonyl (C=O) groups excluding carboxylic acids is 2. The van der Waals surface area contributed by atoms with E-state index in [1.54, 1.807) is 30.3 Å². The van der Waals surface area contributed by atoms with Crippen molar-refractivity contribution in [3.8, 4) is 5.75 Å². The summed E-state index contributed by atoms with van der Waals surface area (Å²) in [4.78, 5) is 23.6. The molecule has 0 saturated carbocycles. The lowest BCUT2D eigenvalue weighted by Gasteiger charge is -2.08. The number of amides is 2. The van der Waals surface area contributed by atoms with Crippen LogP contribution in [0.15, 0.2) is 34.8 Å². The molecule has 0 fully saturated rings. The third kappa shape index (κ3) is 5.69. The Morgan fingerprint density at radius 2 is 1.96 bits per heavy atom. The smallest absolute Gasteiger partial charge is 0.290 e. The highest BCUT2D eigenvalue weighted by molar-refractivity contribution is 9.10.